The largest absolute Gasteiger partial charge is 0.383 e. The molecule has 33 heavy (non-hydrogen) atoms. The predicted molar refractivity (Wildman–Crippen MR) is 126 cm³/mol. The third-order valence-electron chi connectivity index (χ3n) is 6.33. The maximum absolute atomic E-state index is 13.8. The summed E-state index contributed by atoms with van der Waals surface area (Å²) in [6.07, 6.45) is 4.17. The lowest BCUT2D eigenvalue weighted by Crippen LogP contribution is -2.48. The fourth-order valence-corrected chi connectivity index (χ4v) is 4.85. The first-order valence-electron chi connectivity index (χ1n) is 10.8. The molecule has 4 heterocycles. The van der Waals surface area contributed by atoms with E-state index in [0.717, 1.165) is 5.56 Å². The van der Waals surface area contributed by atoms with Crippen LogP contribution in [0.2, 0.25) is 0 Å². The summed E-state index contributed by atoms with van der Waals surface area (Å²) in [6, 6.07) is 15.9. The maximum atomic E-state index is 13.8. The molecule has 0 saturated carbocycles. The molecule has 5 rings (SSSR count). The number of aromatic amines is 2. The Hall–Kier alpha value is -3.56. The fourth-order valence-electron chi connectivity index (χ4n) is 4.49. The van der Waals surface area contributed by atoms with Gasteiger partial charge in [0.1, 0.15) is 21.7 Å². The maximum Gasteiger partial charge on any atom is 0.274 e. The number of aromatic nitrogens is 4. The predicted octanol–water partition coefficient (Wildman–Crippen LogP) is 2.88. The van der Waals surface area contributed by atoms with Crippen molar-refractivity contribution in [3.05, 3.63) is 93.2 Å². The quantitative estimate of drug-likeness (QED) is 0.405. The number of nitrogens with zero attached hydrogens (tertiary/aromatic N) is 3. The summed E-state index contributed by atoms with van der Waals surface area (Å²) >= 11 is 5.64. The minimum absolute atomic E-state index is 0.133. The van der Waals surface area contributed by atoms with E-state index in [1.165, 1.54) is 0 Å². The number of hydrogen-bond donors (Lipinski definition) is 3. The highest BCUT2D eigenvalue weighted by molar-refractivity contribution is 7.71. The minimum Gasteiger partial charge on any atom is -0.383 e. The average molecular weight is 462 g/mol. The molecule has 0 radical (unpaired) electrons. The molecule has 1 unspecified atom stereocenters. The van der Waals surface area contributed by atoms with Gasteiger partial charge in [0, 0.05) is 25.5 Å². The summed E-state index contributed by atoms with van der Waals surface area (Å²) in [5.74, 6) is -0.133. The second-order valence-corrected chi connectivity index (χ2v) is 8.67. The number of hydrogen-bond acceptors (Lipinski definition) is 5. The van der Waals surface area contributed by atoms with Crippen LogP contribution in [0.3, 0.4) is 0 Å². The zero-order chi connectivity index (χ0) is 23.0. The Labute approximate surface area is 194 Å². The van der Waals surface area contributed by atoms with Crippen molar-refractivity contribution in [2.24, 2.45) is 0 Å². The van der Waals surface area contributed by atoms with Gasteiger partial charge in [-0.2, -0.15) is 0 Å². The van der Waals surface area contributed by atoms with Gasteiger partial charge in [-0.25, -0.2) is 0 Å². The number of rotatable bonds is 4. The molecule has 1 aliphatic rings. The van der Waals surface area contributed by atoms with E-state index in [9.17, 15) is 14.7 Å². The van der Waals surface area contributed by atoms with Crippen molar-refractivity contribution < 1.29 is 9.90 Å². The van der Waals surface area contributed by atoms with E-state index >= 15 is 0 Å². The highest BCUT2D eigenvalue weighted by atomic mass is 32.1. The molecule has 0 aliphatic carbocycles. The van der Waals surface area contributed by atoms with Crippen molar-refractivity contribution >= 4 is 29.0 Å². The Bertz CT molecular complexity index is 1400. The molecule has 1 amide bonds. The Kier molecular flexibility index (Phi) is 5.43. The third-order valence-corrected chi connectivity index (χ3v) is 6.74. The number of fused-ring (bicyclic) bond motifs is 1. The number of carbonyl (C=O) groups is 1. The van der Waals surface area contributed by atoms with Gasteiger partial charge in [0.2, 0.25) is 5.91 Å². The molecule has 1 saturated heterocycles. The van der Waals surface area contributed by atoms with E-state index in [1.807, 2.05) is 48.5 Å². The van der Waals surface area contributed by atoms with Gasteiger partial charge >= 0.3 is 0 Å². The molecule has 1 atom stereocenters. The number of piperidine rings is 1. The first-order valence-corrected chi connectivity index (χ1v) is 11.2. The summed E-state index contributed by atoms with van der Waals surface area (Å²) in [6.45, 7) is 0.769. The number of amides is 1. The summed E-state index contributed by atoms with van der Waals surface area (Å²) in [7, 11) is 0. The number of likely N-dealkylation sites (tertiary alicyclic amines) is 1. The van der Waals surface area contributed by atoms with Gasteiger partial charge in [-0.15, -0.1) is 0 Å². The zero-order valence-electron chi connectivity index (χ0n) is 17.8. The fraction of sp³-hybridized carbons (Fsp3) is 0.250. The van der Waals surface area contributed by atoms with Crippen LogP contribution in [0.15, 0.2) is 71.8 Å². The van der Waals surface area contributed by atoms with Crippen molar-refractivity contribution in [2.45, 2.75) is 24.5 Å². The van der Waals surface area contributed by atoms with Crippen molar-refractivity contribution in [3.63, 3.8) is 0 Å². The molecule has 3 N–H and O–H groups in total. The highest BCUT2D eigenvalue weighted by Gasteiger charge is 2.38. The van der Waals surface area contributed by atoms with E-state index in [1.54, 1.807) is 27.9 Å². The highest BCUT2D eigenvalue weighted by Crippen LogP contribution is 2.33. The molecule has 0 bridgehead atoms. The molecular weight excluding hydrogens is 438 g/mol. The third kappa shape index (κ3) is 3.79. The summed E-state index contributed by atoms with van der Waals surface area (Å²) in [5, 5.41) is 16.8. The summed E-state index contributed by atoms with van der Waals surface area (Å²) in [4.78, 5) is 32.2. The van der Waals surface area contributed by atoms with Gasteiger partial charge < -0.3 is 14.6 Å². The first-order chi connectivity index (χ1) is 16.0. The molecule has 9 heteroatoms. The van der Waals surface area contributed by atoms with E-state index in [4.69, 9.17) is 12.2 Å². The molecule has 4 aromatic rings. The van der Waals surface area contributed by atoms with E-state index in [0.29, 0.717) is 47.2 Å². The van der Waals surface area contributed by atoms with Crippen LogP contribution in [-0.4, -0.2) is 48.8 Å². The van der Waals surface area contributed by atoms with Gasteiger partial charge in [-0.3, -0.25) is 24.8 Å². The van der Waals surface area contributed by atoms with Crippen molar-refractivity contribution in [1.82, 2.24) is 24.6 Å². The van der Waals surface area contributed by atoms with E-state index in [2.05, 4.69) is 15.2 Å². The van der Waals surface area contributed by atoms with Crippen LogP contribution in [-0.2, 0) is 10.4 Å². The summed E-state index contributed by atoms with van der Waals surface area (Å²) < 4.78 is 1.97. The number of aliphatic hydroxyl groups is 1. The second kappa shape index (κ2) is 8.42. The first kappa shape index (κ1) is 21.3. The van der Waals surface area contributed by atoms with E-state index in [-0.39, 0.29) is 11.5 Å². The van der Waals surface area contributed by atoms with Crippen LogP contribution in [0.25, 0.3) is 10.9 Å². The lowest BCUT2D eigenvalue weighted by Gasteiger charge is -2.39. The molecule has 1 aromatic carbocycles. The smallest absolute Gasteiger partial charge is 0.274 e. The monoisotopic (exact) mass is 461 g/mol. The van der Waals surface area contributed by atoms with Crippen LogP contribution in [0.4, 0.5) is 0 Å². The summed E-state index contributed by atoms with van der Waals surface area (Å²) in [5.41, 5.74) is 0.612. The van der Waals surface area contributed by atoms with Gasteiger partial charge in [0.05, 0.1) is 11.2 Å². The number of pyridine rings is 2. The second-order valence-electron chi connectivity index (χ2n) is 8.28. The Balaban J connectivity index is 1.50. The standard InChI is InChI=1S/C24H23N5O3S/c30-21-19-17(26-27-21)9-13-29(23(19)33)20(16-6-2-1-3-7-16)22(31)28-14-10-24(32,11-15-28)18-8-4-5-12-25-18/h1-9,12-13,20,32H,10-11,14-15H2,(H2,26,27,30). The SMILES string of the molecule is O=C(C(c1ccccc1)n1ccc2[nH][nH]c(=O)c2c1=S)N1CCC(O)(c2ccccn2)CC1. The number of H-pyrrole nitrogens is 2. The van der Waals surface area contributed by atoms with Gasteiger partial charge in [0.15, 0.2) is 0 Å². The molecule has 8 nitrogen and oxygen atoms in total. The van der Waals surface area contributed by atoms with E-state index < -0.39 is 11.6 Å². The normalized spacial score (nSPS) is 16.6. The van der Waals surface area contributed by atoms with Gasteiger partial charge in [-0.05, 0) is 36.6 Å². The molecule has 0 spiro atoms. The Morgan fingerprint density at radius 2 is 1.79 bits per heavy atom. The number of benzene rings is 1. The van der Waals surface area contributed by atoms with Crippen LogP contribution in [0.1, 0.15) is 30.1 Å². The van der Waals surface area contributed by atoms with Crippen LogP contribution in [0, 0.1) is 4.64 Å². The van der Waals surface area contributed by atoms with Crippen LogP contribution >= 0.6 is 12.2 Å². The zero-order valence-corrected chi connectivity index (χ0v) is 18.6. The Morgan fingerprint density at radius 1 is 1.06 bits per heavy atom. The number of carbonyl (C=O) groups excluding carboxylic acids is 1. The molecular formula is C24H23N5O3S. The molecule has 1 aliphatic heterocycles. The molecule has 1 fully saturated rings. The molecule has 3 aromatic heterocycles. The Morgan fingerprint density at radius 3 is 2.48 bits per heavy atom. The lowest BCUT2D eigenvalue weighted by atomic mass is 9.87. The van der Waals surface area contributed by atoms with Crippen LogP contribution in [0.5, 0.6) is 0 Å². The topological polar surface area (TPSA) is 107 Å². The van der Waals surface area contributed by atoms with Gasteiger partial charge in [0.25, 0.3) is 5.56 Å². The van der Waals surface area contributed by atoms with Crippen molar-refractivity contribution in [3.8, 4) is 0 Å². The van der Waals surface area contributed by atoms with Crippen LogP contribution < -0.4 is 5.56 Å². The molecule has 168 valence electrons. The van der Waals surface area contributed by atoms with Gasteiger partial charge in [-0.1, -0.05) is 48.6 Å². The lowest BCUT2D eigenvalue weighted by molar-refractivity contribution is -0.138. The van der Waals surface area contributed by atoms with Crippen molar-refractivity contribution in [2.75, 3.05) is 13.1 Å². The number of nitrogens with one attached hydrogen (secondary N) is 2. The average Bonchev–Trinajstić information content (AvgIpc) is 3.24. The van der Waals surface area contributed by atoms with Crippen molar-refractivity contribution in [1.29, 1.82) is 0 Å². The minimum atomic E-state index is -1.06.